The Morgan fingerprint density at radius 2 is 2.29 bits per heavy atom. The summed E-state index contributed by atoms with van der Waals surface area (Å²) < 4.78 is 18.4. The van der Waals surface area contributed by atoms with Gasteiger partial charge in [-0.15, -0.1) is 0 Å². The molecule has 0 atom stereocenters. The van der Waals surface area contributed by atoms with Gasteiger partial charge in [0.1, 0.15) is 11.6 Å². The second kappa shape index (κ2) is 5.81. The molecule has 0 saturated carbocycles. The number of hydrogen-bond acceptors (Lipinski definition) is 1. The highest BCUT2D eigenvalue weighted by Crippen LogP contribution is 2.22. The van der Waals surface area contributed by atoms with Gasteiger partial charge < -0.3 is 4.74 Å². The first-order valence-electron chi connectivity index (χ1n) is 4.34. The molecule has 1 aromatic carbocycles. The number of hydrogen-bond donors (Lipinski definition) is 0. The zero-order valence-electron chi connectivity index (χ0n) is 7.97. The average molecular weight is 259 g/mol. The Kier molecular flexibility index (Phi) is 4.66. The SMILES string of the molecule is COc1cccc(F)c1C=CCCBr. The first kappa shape index (κ1) is 11.2. The second-order valence-corrected chi connectivity index (χ2v) is 3.53. The molecule has 0 spiro atoms. The van der Waals surface area contributed by atoms with Crippen molar-refractivity contribution in [2.75, 3.05) is 12.4 Å². The van der Waals surface area contributed by atoms with Crippen LogP contribution in [0.4, 0.5) is 4.39 Å². The maximum atomic E-state index is 13.3. The number of benzene rings is 1. The lowest BCUT2D eigenvalue weighted by molar-refractivity contribution is 0.410. The van der Waals surface area contributed by atoms with Gasteiger partial charge in [-0.2, -0.15) is 0 Å². The summed E-state index contributed by atoms with van der Waals surface area (Å²) in [4.78, 5) is 0. The molecule has 0 aromatic heterocycles. The van der Waals surface area contributed by atoms with E-state index in [1.54, 1.807) is 18.2 Å². The van der Waals surface area contributed by atoms with Gasteiger partial charge in [0.15, 0.2) is 0 Å². The summed E-state index contributed by atoms with van der Waals surface area (Å²) in [5.41, 5.74) is 0.510. The molecule has 1 nitrogen and oxygen atoms in total. The topological polar surface area (TPSA) is 9.23 Å². The summed E-state index contributed by atoms with van der Waals surface area (Å²) in [6.07, 6.45) is 4.53. The highest BCUT2D eigenvalue weighted by atomic mass is 79.9. The van der Waals surface area contributed by atoms with Crippen molar-refractivity contribution in [2.45, 2.75) is 6.42 Å². The molecule has 0 heterocycles. The number of halogens is 2. The summed E-state index contributed by atoms with van der Waals surface area (Å²) in [5.74, 6) is 0.311. The molecule has 0 saturated heterocycles. The van der Waals surface area contributed by atoms with Gasteiger partial charge >= 0.3 is 0 Å². The third-order valence-corrected chi connectivity index (χ3v) is 2.25. The van der Waals surface area contributed by atoms with Crippen LogP contribution in [-0.2, 0) is 0 Å². The van der Waals surface area contributed by atoms with E-state index in [4.69, 9.17) is 4.74 Å². The molecule has 0 fully saturated rings. The van der Waals surface area contributed by atoms with Crippen molar-refractivity contribution in [1.29, 1.82) is 0 Å². The van der Waals surface area contributed by atoms with E-state index >= 15 is 0 Å². The summed E-state index contributed by atoms with van der Waals surface area (Å²) in [5, 5.41) is 0.875. The molecule has 14 heavy (non-hydrogen) atoms. The van der Waals surface area contributed by atoms with Crippen LogP contribution in [0.1, 0.15) is 12.0 Å². The Hall–Kier alpha value is -0.830. The highest BCUT2D eigenvalue weighted by Gasteiger charge is 2.04. The summed E-state index contributed by atoms with van der Waals surface area (Å²) >= 11 is 3.30. The molecule has 76 valence electrons. The standard InChI is InChI=1S/C11H12BrFO/c1-14-11-7-4-6-10(13)9(11)5-2-3-8-12/h2,4-7H,3,8H2,1H3. The van der Waals surface area contributed by atoms with Crippen LogP contribution in [0.15, 0.2) is 24.3 Å². The van der Waals surface area contributed by atoms with Crippen molar-refractivity contribution in [2.24, 2.45) is 0 Å². The van der Waals surface area contributed by atoms with Gasteiger partial charge in [0.25, 0.3) is 0 Å². The van der Waals surface area contributed by atoms with Crippen molar-refractivity contribution >= 4 is 22.0 Å². The van der Waals surface area contributed by atoms with Gasteiger partial charge in [0.2, 0.25) is 0 Å². The lowest BCUT2D eigenvalue weighted by Crippen LogP contribution is -1.90. The molecule has 0 radical (unpaired) electrons. The van der Waals surface area contributed by atoms with Crippen LogP contribution in [0.3, 0.4) is 0 Å². The highest BCUT2D eigenvalue weighted by molar-refractivity contribution is 9.09. The van der Waals surface area contributed by atoms with E-state index in [0.717, 1.165) is 11.8 Å². The zero-order valence-corrected chi connectivity index (χ0v) is 9.55. The maximum Gasteiger partial charge on any atom is 0.134 e. The number of allylic oxidation sites excluding steroid dienone is 1. The molecule has 1 aromatic rings. The molecule has 0 aliphatic heterocycles. The van der Waals surface area contributed by atoms with Gasteiger partial charge in [-0.05, 0) is 18.6 Å². The number of alkyl halides is 1. The second-order valence-electron chi connectivity index (χ2n) is 2.74. The monoisotopic (exact) mass is 258 g/mol. The molecule has 1 rings (SSSR count). The zero-order chi connectivity index (χ0) is 10.4. The van der Waals surface area contributed by atoms with Crippen LogP contribution in [-0.4, -0.2) is 12.4 Å². The fourth-order valence-corrected chi connectivity index (χ4v) is 1.39. The van der Waals surface area contributed by atoms with Gasteiger partial charge in [-0.1, -0.05) is 34.1 Å². The van der Waals surface area contributed by atoms with E-state index in [9.17, 15) is 4.39 Å². The Balaban J connectivity index is 2.93. The van der Waals surface area contributed by atoms with E-state index in [0.29, 0.717) is 11.3 Å². The van der Waals surface area contributed by atoms with Crippen molar-refractivity contribution in [1.82, 2.24) is 0 Å². The maximum absolute atomic E-state index is 13.3. The smallest absolute Gasteiger partial charge is 0.134 e. The Morgan fingerprint density at radius 1 is 1.50 bits per heavy atom. The van der Waals surface area contributed by atoms with Crippen LogP contribution in [0.5, 0.6) is 5.75 Å². The van der Waals surface area contributed by atoms with Crippen molar-refractivity contribution < 1.29 is 9.13 Å². The largest absolute Gasteiger partial charge is 0.496 e. The first-order valence-corrected chi connectivity index (χ1v) is 5.46. The minimum atomic E-state index is -0.254. The molecule has 0 N–H and O–H groups in total. The molecule has 0 bridgehead atoms. The van der Waals surface area contributed by atoms with E-state index in [-0.39, 0.29) is 5.82 Å². The first-order chi connectivity index (χ1) is 6.79. The number of rotatable bonds is 4. The lowest BCUT2D eigenvalue weighted by atomic mass is 10.1. The predicted octanol–water partition coefficient (Wildman–Crippen LogP) is 3.63. The summed E-state index contributed by atoms with van der Waals surface area (Å²) in [6.45, 7) is 0. The third kappa shape index (κ3) is 2.84. The third-order valence-electron chi connectivity index (χ3n) is 1.79. The summed E-state index contributed by atoms with van der Waals surface area (Å²) in [7, 11) is 1.54. The molecule has 0 aliphatic rings. The molecule has 0 unspecified atom stereocenters. The van der Waals surface area contributed by atoms with Crippen molar-refractivity contribution in [3.8, 4) is 5.75 Å². The molecule has 3 heteroatoms. The van der Waals surface area contributed by atoms with Crippen LogP contribution in [0.2, 0.25) is 0 Å². The lowest BCUT2D eigenvalue weighted by Gasteiger charge is -2.04. The van der Waals surface area contributed by atoms with Crippen LogP contribution >= 0.6 is 15.9 Å². The number of methoxy groups -OCH3 is 1. The van der Waals surface area contributed by atoms with E-state index < -0.39 is 0 Å². The molecule has 0 amide bonds. The summed E-state index contributed by atoms with van der Waals surface area (Å²) in [6, 6.07) is 4.81. The van der Waals surface area contributed by atoms with E-state index in [2.05, 4.69) is 15.9 Å². The average Bonchev–Trinajstić information content (AvgIpc) is 2.20. The molecule has 0 aliphatic carbocycles. The number of ether oxygens (including phenoxy) is 1. The van der Waals surface area contributed by atoms with Gasteiger partial charge in [0.05, 0.1) is 12.7 Å². The Bertz CT molecular complexity index is 323. The Morgan fingerprint density at radius 3 is 2.93 bits per heavy atom. The van der Waals surface area contributed by atoms with Gasteiger partial charge in [-0.25, -0.2) is 4.39 Å². The fraction of sp³-hybridized carbons (Fsp3) is 0.273. The van der Waals surface area contributed by atoms with E-state index in [1.807, 2.05) is 6.08 Å². The minimum Gasteiger partial charge on any atom is -0.496 e. The Labute approximate surface area is 91.7 Å². The van der Waals surface area contributed by atoms with Crippen molar-refractivity contribution in [3.63, 3.8) is 0 Å². The van der Waals surface area contributed by atoms with Crippen LogP contribution in [0, 0.1) is 5.82 Å². The minimum absolute atomic E-state index is 0.254. The quantitative estimate of drug-likeness (QED) is 0.750. The van der Waals surface area contributed by atoms with Crippen LogP contribution < -0.4 is 4.74 Å². The predicted molar refractivity (Wildman–Crippen MR) is 60.4 cm³/mol. The molecular formula is C11H12BrFO. The normalized spacial score (nSPS) is 10.8. The van der Waals surface area contributed by atoms with Gasteiger partial charge in [0, 0.05) is 5.33 Å². The van der Waals surface area contributed by atoms with Crippen molar-refractivity contribution in [3.05, 3.63) is 35.7 Å². The van der Waals surface area contributed by atoms with Crippen LogP contribution in [0.25, 0.3) is 6.08 Å². The fourth-order valence-electron chi connectivity index (χ4n) is 1.12. The van der Waals surface area contributed by atoms with E-state index in [1.165, 1.54) is 13.2 Å². The molecular weight excluding hydrogens is 247 g/mol. The van der Waals surface area contributed by atoms with Gasteiger partial charge in [-0.3, -0.25) is 0 Å².